The maximum Gasteiger partial charge on any atom is 1.00 e. The zero-order chi connectivity index (χ0) is 7.21. The van der Waals surface area contributed by atoms with Gasteiger partial charge >= 0.3 is 29.6 Å². The van der Waals surface area contributed by atoms with Crippen LogP contribution in [0, 0.1) is 0 Å². The predicted octanol–water partition coefficient (Wildman–Crippen LogP) is -1.08. The van der Waals surface area contributed by atoms with Gasteiger partial charge in [0.2, 0.25) is 0 Å². The molecule has 0 aromatic rings. The van der Waals surface area contributed by atoms with Gasteiger partial charge in [-0.25, -0.2) is 0 Å². The third-order valence-corrected chi connectivity index (χ3v) is 0. The van der Waals surface area contributed by atoms with Gasteiger partial charge in [-0.2, -0.15) is 0 Å². The van der Waals surface area contributed by atoms with Crippen LogP contribution in [-0.2, 0) is 0 Å². The first-order chi connectivity index (χ1) is 3.41. The van der Waals surface area contributed by atoms with Crippen LogP contribution >= 0.6 is 46.4 Å². The van der Waals surface area contributed by atoms with Crippen molar-refractivity contribution >= 4 is 46.4 Å². The molecule has 0 aromatic carbocycles. The Balaban J connectivity index is -0.0000000800. The maximum atomic E-state index is 8.93. The first-order valence-electron chi connectivity index (χ1n) is 1.75. The van der Waals surface area contributed by atoms with E-state index in [9.17, 15) is 0 Å². The SMILES string of the molecule is CC[O-].ClC(Cl)(Cl)Cl.[Na+]. The molecule has 0 rings (SSSR count). The minimum Gasteiger partial charge on any atom is -0.855 e. The molecule has 0 heterocycles. The number of halogens is 4. The minimum atomic E-state index is -1.61. The van der Waals surface area contributed by atoms with E-state index in [0.717, 1.165) is 0 Å². The van der Waals surface area contributed by atoms with Crippen molar-refractivity contribution in [3.8, 4) is 0 Å². The molecule has 0 amide bonds. The summed E-state index contributed by atoms with van der Waals surface area (Å²) < 4.78 is -1.61. The molecule has 0 fully saturated rings. The Kier molecular flexibility index (Phi) is 19.4. The van der Waals surface area contributed by atoms with E-state index in [1.54, 1.807) is 6.92 Å². The van der Waals surface area contributed by atoms with Crippen LogP contribution in [0.15, 0.2) is 0 Å². The number of rotatable bonds is 0. The fraction of sp³-hybridized carbons (Fsp3) is 1.00. The molecule has 0 saturated carbocycles. The zero-order valence-electron chi connectivity index (χ0n) is 5.13. The van der Waals surface area contributed by atoms with Gasteiger partial charge in [0.25, 0.3) is 3.25 Å². The summed E-state index contributed by atoms with van der Waals surface area (Å²) in [4.78, 5) is 0. The first-order valence-corrected chi connectivity index (χ1v) is 3.26. The van der Waals surface area contributed by atoms with Crippen LogP contribution in [0.2, 0.25) is 0 Å². The van der Waals surface area contributed by atoms with Crippen LogP contribution in [0.25, 0.3) is 0 Å². The molecule has 0 atom stereocenters. The summed E-state index contributed by atoms with van der Waals surface area (Å²) in [6, 6.07) is 0. The van der Waals surface area contributed by atoms with E-state index in [4.69, 9.17) is 51.5 Å². The van der Waals surface area contributed by atoms with Crippen LogP contribution in [0.5, 0.6) is 0 Å². The summed E-state index contributed by atoms with van der Waals surface area (Å²) in [5.41, 5.74) is 0. The zero-order valence-corrected chi connectivity index (χ0v) is 10.2. The number of alkyl halides is 4. The first kappa shape index (κ1) is 17.3. The van der Waals surface area contributed by atoms with E-state index in [1.165, 1.54) is 0 Å². The van der Waals surface area contributed by atoms with E-state index >= 15 is 0 Å². The molecule has 0 aliphatic heterocycles. The molecule has 0 aromatic heterocycles. The van der Waals surface area contributed by atoms with Crippen molar-refractivity contribution < 1.29 is 34.7 Å². The van der Waals surface area contributed by atoms with Gasteiger partial charge in [0, 0.05) is 0 Å². The van der Waals surface area contributed by atoms with E-state index in [0.29, 0.717) is 0 Å². The second-order valence-electron chi connectivity index (χ2n) is 0.717. The molecule has 1 nitrogen and oxygen atoms in total. The van der Waals surface area contributed by atoms with Gasteiger partial charge < -0.3 is 5.11 Å². The monoisotopic (exact) mass is 220 g/mol. The second kappa shape index (κ2) is 10.1. The summed E-state index contributed by atoms with van der Waals surface area (Å²) >= 11 is 19.3. The second-order valence-corrected chi connectivity index (χ2v) is 4.15. The van der Waals surface area contributed by atoms with Gasteiger partial charge in [-0.05, 0) is 0 Å². The van der Waals surface area contributed by atoms with Crippen LogP contribution in [0.1, 0.15) is 6.92 Å². The molecule has 0 radical (unpaired) electrons. The van der Waals surface area contributed by atoms with E-state index in [2.05, 4.69) is 0 Å². The summed E-state index contributed by atoms with van der Waals surface area (Å²) in [5, 5.41) is 8.93. The molecule has 52 valence electrons. The summed E-state index contributed by atoms with van der Waals surface area (Å²) in [7, 11) is 0. The van der Waals surface area contributed by atoms with Gasteiger partial charge in [0.15, 0.2) is 0 Å². The fourth-order valence-electron chi connectivity index (χ4n) is 0. The summed E-state index contributed by atoms with van der Waals surface area (Å²) in [6.45, 7) is 1.57. The third kappa shape index (κ3) is 148. The van der Waals surface area contributed by atoms with Gasteiger partial charge in [0.05, 0.1) is 0 Å². The van der Waals surface area contributed by atoms with Gasteiger partial charge in [-0.3, -0.25) is 0 Å². The van der Waals surface area contributed by atoms with Crippen molar-refractivity contribution in [1.82, 2.24) is 0 Å². The topological polar surface area (TPSA) is 23.1 Å². The fourth-order valence-corrected chi connectivity index (χ4v) is 0. The Morgan fingerprint density at radius 3 is 1.22 bits per heavy atom. The molecule has 0 aliphatic rings. The smallest absolute Gasteiger partial charge is 0.855 e. The van der Waals surface area contributed by atoms with Crippen molar-refractivity contribution in [2.24, 2.45) is 0 Å². The minimum absolute atomic E-state index is 0. The normalized spacial score (nSPS) is 8.67. The standard InChI is InChI=1S/C2H5O.CCl4.Na/c1-2-3;2-1(3,4)5;/h2H2,1H3;;/q-1;;+1. The van der Waals surface area contributed by atoms with E-state index in [1.807, 2.05) is 0 Å². The van der Waals surface area contributed by atoms with Crippen LogP contribution in [0.3, 0.4) is 0 Å². The summed E-state index contributed by atoms with van der Waals surface area (Å²) in [5.74, 6) is 0. The Morgan fingerprint density at radius 2 is 1.22 bits per heavy atom. The van der Waals surface area contributed by atoms with Gasteiger partial charge in [0.1, 0.15) is 0 Å². The largest absolute Gasteiger partial charge is 1.00 e. The van der Waals surface area contributed by atoms with Crippen LogP contribution in [0.4, 0.5) is 0 Å². The third-order valence-electron chi connectivity index (χ3n) is 0. The van der Waals surface area contributed by atoms with Crippen molar-refractivity contribution in [3.05, 3.63) is 0 Å². The van der Waals surface area contributed by atoms with Gasteiger partial charge in [-0.1, -0.05) is 53.3 Å². The van der Waals surface area contributed by atoms with Gasteiger partial charge in [-0.15, -0.1) is 6.61 Å². The quantitative estimate of drug-likeness (QED) is 0.377. The Morgan fingerprint density at radius 1 is 1.22 bits per heavy atom. The summed E-state index contributed by atoms with van der Waals surface area (Å²) in [6.07, 6.45) is 0. The molecule has 0 aliphatic carbocycles. The maximum absolute atomic E-state index is 8.93. The molecule has 6 heteroatoms. The van der Waals surface area contributed by atoms with Crippen molar-refractivity contribution in [3.63, 3.8) is 0 Å². The van der Waals surface area contributed by atoms with Crippen molar-refractivity contribution in [2.45, 2.75) is 10.2 Å². The Labute approximate surface area is 96.9 Å². The molecule has 0 unspecified atom stereocenters. The molecular weight excluding hydrogens is 217 g/mol. The molecular formula is C3H5Cl4NaO. The molecule has 0 N–H and O–H groups in total. The average Bonchev–Trinajstić information content (AvgIpc) is 1.27. The predicted molar refractivity (Wildman–Crippen MR) is 36.7 cm³/mol. The van der Waals surface area contributed by atoms with Crippen LogP contribution < -0.4 is 34.7 Å². The van der Waals surface area contributed by atoms with Crippen molar-refractivity contribution in [2.75, 3.05) is 6.61 Å². The number of hydrogen-bond acceptors (Lipinski definition) is 1. The molecule has 0 spiro atoms. The Hall–Kier alpha value is 2.12. The molecule has 9 heavy (non-hydrogen) atoms. The molecule has 0 bridgehead atoms. The van der Waals surface area contributed by atoms with E-state index < -0.39 is 3.25 Å². The number of hydrogen-bond donors (Lipinski definition) is 0. The Bertz CT molecular complexity index is 39.6. The van der Waals surface area contributed by atoms with E-state index in [-0.39, 0.29) is 36.2 Å². The van der Waals surface area contributed by atoms with Crippen LogP contribution in [-0.4, -0.2) is 9.86 Å². The van der Waals surface area contributed by atoms with Crippen molar-refractivity contribution in [1.29, 1.82) is 0 Å². The average molecular weight is 222 g/mol. The molecule has 0 saturated heterocycles.